The molecule has 0 bridgehead atoms. The Bertz CT molecular complexity index is 610. The number of ketones is 1. The predicted octanol–water partition coefficient (Wildman–Crippen LogP) is 2.80. The first-order valence-corrected chi connectivity index (χ1v) is 5.87. The van der Waals surface area contributed by atoms with E-state index in [0.717, 1.165) is 11.1 Å². The first kappa shape index (κ1) is 13.1. The van der Waals surface area contributed by atoms with Crippen molar-refractivity contribution in [3.05, 3.63) is 59.0 Å². The highest BCUT2D eigenvalue weighted by Crippen LogP contribution is 2.13. The first-order valence-electron chi connectivity index (χ1n) is 5.87. The lowest BCUT2D eigenvalue weighted by molar-refractivity contribution is 0.0563. The molecule has 0 aliphatic heterocycles. The van der Waals surface area contributed by atoms with Crippen LogP contribution in [0, 0.1) is 6.92 Å². The molecular formula is C15H14O4. The maximum absolute atomic E-state index is 12.0. The summed E-state index contributed by atoms with van der Waals surface area (Å²) in [5.74, 6) is -0.549. The van der Waals surface area contributed by atoms with Gasteiger partial charge in [-0.3, -0.25) is 4.79 Å². The molecule has 0 amide bonds. The fourth-order valence-electron chi connectivity index (χ4n) is 1.79. The van der Waals surface area contributed by atoms with Crippen LogP contribution >= 0.6 is 0 Å². The van der Waals surface area contributed by atoms with E-state index in [1.54, 1.807) is 0 Å². The predicted molar refractivity (Wildman–Crippen MR) is 69.3 cm³/mol. The summed E-state index contributed by atoms with van der Waals surface area (Å²) in [6.07, 6.45) is 0.246. The summed E-state index contributed by atoms with van der Waals surface area (Å²) >= 11 is 0. The molecule has 0 saturated heterocycles. The zero-order valence-electron chi connectivity index (χ0n) is 10.8. The highest BCUT2D eigenvalue weighted by molar-refractivity contribution is 5.96. The van der Waals surface area contributed by atoms with Gasteiger partial charge in [-0.2, -0.15) is 0 Å². The van der Waals surface area contributed by atoms with Crippen molar-refractivity contribution in [1.29, 1.82) is 0 Å². The Balaban J connectivity index is 2.12. The molecule has 0 aliphatic rings. The van der Waals surface area contributed by atoms with Gasteiger partial charge in [-0.1, -0.05) is 29.8 Å². The second-order valence-electron chi connectivity index (χ2n) is 4.24. The molecule has 98 valence electrons. The average Bonchev–Trinajstić information content (AvgIpc) is 2.87. The molecule has 0 N–H and O–H groups in total. The van der Waals surface area contributed by atoms with Gasteiger partial charge in [-0.15, -0.1) is 0 Å². The maximum Gasteiger partial charge on any atom is 0.373 e. The van der Waals surface area contributed by atoms with Crippen molar-refractivity contribution < 1.29 is 18.7 Å². The summed E-state index contributed by atoms with van der Waals surface area (Å²) < 4.78 is 9.70. The van der Waals surface area contributed by atoms with Crippen molar-refractivity contribution in [2.45, 2.75) is 13.3 Å². The third-order valence-corrected chi connectivity index (χ3v) is 2.71. The van der Waals surface area contributed by atoms with Crippen molar-refractivity contribution in [2.75, 3.05) is 7.11 Å². The van der Waals surface area contributed by atoms with Crippen LogP contribution in [0.25, 0.3) is 0 Å². The number of rotatable bonds is 4. The highest BCUT2D eigenvalue weighted by Gasteiger charge is 2.16. The lowest BCUT2D eigenvalue weighted by Gasteiger charge is -2.00. The van der Waals surface area contributed by atoms with E-state index in [9.17, 15) is 9.59 Å². The quantitative estimate of drug-likeness (QED) is 0.625. The molecule has 0 fully saturated rings. The van der Waals surface area contributed by atoms with E-state index in [-0.39, 0.29) is 23.7 Å². The molecular weight excluding hydrogens is 244 g/mol. The van der Waals surface area contributed by atoms with E-state index in [4.69, 9.17) is 4.42 Å². The molecule has 0 radical (unpaired) electrons. The van der Waals surface area contributed by atoms with Gasteiger partial charge in [0.25, 0.3) is 0 Å². The van der Waals surface area contributed by atoms with Gasteiger partial charge in [0.15, 0.2) is 5.76 Å². The number of furan rings is 1. The smallest absolute Gasteiger partial charge is 0.373 e. The number of carbonyl (C=O) groups is 2. The van der Waals surface area contributed by atoms with Crippen LogP contribution in [-0.2, 0) is 11.2 Å². The summed E-state index contributed by atoms with van der Waals surface area (Å²) in [5, 5.41) is 0. The van der Waals surface area contributed by atoms with Gasteiger partial charge in [0.2, 0.25) is 11.5 Å². The Hall–Kier alpha value is -2.36. The number of methoxy groups -OCH3 is 1. The minimum atomic E-state index is -0.588. The zero-order chi connectivity index (χ0) is 13.8. The highest BCUT2D eigenvalue weighted by atomic mass is 16.5. The molecule has 2 aromatic rings. The van der Waals surface area contributed by atoms with E-state index in [0.29, 0.717) is 0 Å². The normalized spacial score (nSPS) is 10.2. The summed E-state index contributed by atoms with van der Waals surface area (Å²) in [4.78, 5) is 23.2. The minimum absolute atomic E-state index is 0.0371. The first-order chi connectivity index (χ1) is 9.10. The number of benzene rings is 1. The Morgan fingerprint density at radius 1 is 1.16 bits per heavy atom. The molecule has 0 saturated carbocycles. The molecule has 2 rings (SSSR count). The summed E-state index contributed by atoms with van der Waals surface area (Å²) in [5.41, 5.74) is 2.01. The third-order valence-electron chi connectivity index (χ3n) is 2.71. The van der Waals surface area contributed by atoms with Crippen LogP contribution in [0.2, 0.25) is 0 Å². The topological polar surface area (TPSA) is 56.5 Å². The number of ether oxygens (including phenoxy) is 1. The van der Waals surface area contributed by atoms with E-state index in [1.807, 2.05) is 31.2 Å². The lowest BCUT2D eigenvalue weighted by Crippen LogP contribution is -2.03. The van der Waals surface area contributed by atoms with Gasteiger partial charge < -0.3 is 9.15 Å². The van der Waals surface area contributed by atoms with Gasteiger partial charge in [0.05, 0.1) is 7.11 Å². The number of hydrogen-bond acceptors (Lipinski definition) is 4. The zero-order valence-corrected chi connectivity index (χ0v) is 10.8. The summed E-state index contributed by atoms with van der Waals surface area (Å²) in [7, 11) is 1.26. The van der Waals surface area contributed by atoms with Crippen molar-refractivity contribution >= 4 is 11.8 Å². The van der Waals surface area contributed by atoms with Gasteiger partial charge in [0, 0.05) is 6.42 Å². The van der Waals surface area contributed by atoms with E-state index in [1.165, 1.54) is 19.2 Å². The van der Waals surface area contributed by atoms with Crippen molar-refractivity contribution in [1.82, 2.24) is 0 Å². The van der Waals surface area contributed by atoms with Crippen molar-refractivity contribution in [2.24, 2.45) is 0 Å². The second kappa shape index (κ2) is 5.52. The number of carbonyl (C=O) groups excluding carboxylic acids is 2. The minimum Gasteiger partial charge on any atom is -0.463 e. The second-order valence-corrected chi connectivity index (χ2v) is 4.24. The van der Waals surface area contributed by atoms with Crippen LogP contribution in [0.1, 0.15) is 32.2 Å². The van der Waals surface area contributed by atoms with Crippen molar-refractivity contribution in [3.63, 3.8) is 0 Å². The van der Waals surface area contributed by atoms with Crippen LogP contribution in [-0.4, -0.2) is 18.9 Å². The van der Waals surface area contributed by atoms with Crippen LogP contribution in [0.15, 0.2) is 40.8 Å². The van der Waals surface area contributed by atoms with E-state index in [2.05, 4.69) is 4.74 Å². The molecule has 0 aliphatic carbocycles. The van der Waals surface area contributed by atoms with Crippen LogP contribution in [0.3, 0.4) is 0 Å². The molecule has 1 aromatic heterocycles. The standard InChI is InChI=1S/C15H14O4/c1-10-4-3-5-11(8-10)9-12(16)13-6-7-14(19-13)15(17)18-2/h3-8H,9H2,1-2H3. The molecule has 19 heavy (non-hydrogen) atoms. The lowest BCUT2D eigenvalue weighted by atomic mass is 10.1. The van der Waals surface area contributed by atoms with Gasteiger partial charge in [-0.05, 0) is 24.6 Å². The molecule has 0 unspecified atom stereocenters. The maximum atomic E-state index is 12.0. The Labute approximate surface area is 111 Å². The van der Waals surface area contributed by atoms with Gasteiger partial charge in [-0.25, -0.2) is 4.79 Å². The van der Waals surface area contributed by atoms with Gasteiger partial charge >= 0.3 is 5.97 Å². The monoisotopic (exact) mass is 258 g/mol. The largest absolute Gasteiger partial charge is 0.463 e. The van der Waals surface area contributed by atoms with Crippen LogP contribution in [0.5, 0.6) is 0 Å². The SMILES string of the molecule is COC(=O)c1ccc(C(=O)Cc2cccc(C)c2)o1. The molecule has 4 heteroatoms. The number of esters is 1. The fraction of sp³-hybridized carbons (Fsp3) is 0.200. The third kappa shape index (κ3) is 3.10. The number of hydrogen-bond donors (Lipinski definition) is 0. The number of Topliss-reactive ketones (excluding diaryl/α,β-unsaturated/α-hetero) is 1. The fourth-order valence-corrected chi connectivity index (χ4v) is 1.79. The van der Waals surface area contributed by atoms with Crippen LogP contribution < -0.4 is 0 Å². The summed E-state index contributed by atoms with van der Waals surface area (Å²) in [6, 6.07) is 10.6. The van der Waals surface area contributed by atoms with Crippen LogP contribution in [0.4, 0.5) is 0 Å². The van der Waals surface area contributed by atoms with Crippen molar-refractivity contribution in [3.8, 4) is 0 Å². The van der Waals surface area contributed by atoms with Gasteiger partial charge in [0.1, 0.15) is 0 Å². The average molecular weight is 258 g/mol. The molecule has 4 nitrogen and oxygen atoms in total. The van der Waals surface area contributed by atoms with E-state index >= 15 is 0 Å². The Kier molecular flexibility index (Phi) is 3.80. The molecule has 0 spiro atoms. The molecule has 0 atom stereocenters. The summed E-state index contributed by atoms with van der Waals surface area (Å²) in [6.45, 7) is 1.97. The molecule has 1 aromatic carbocycles. The Morgan fingerprint density at radius 3 is 2.58 bits per heavy atom. The van der Waals surface area contributed by atoms with E-state index < -0.39 is 5.97 Å². The Morgan fingerprint density at radius 2 is 1.89 bits per heavy atom. The number of aryl methyl sites for hydroxylation is 1. The molecule has 1 heterocycles.